The van der Waals surface area contributed by atoms with Gasteiger partial charge in [-0.1, -0.05) is 42.1 Å². The van der Waals surface area contributed by atoms with Crippen molar-refractivity contribution in [3.05, 3.63) is 33.8 Å². The Kier molecular flexibility index (Phi) is 4.91. The van der Waals surface area contributed by atoms with Crippen molar-refractivity contribution >= 4 is 23.2 Å². The third-order valence-electron chi connectivity index (χ3n) is 4.84. The Balaban J connectivity index is 1.66. The molecule has 2 fully saturated rings. The third-order valence-corrected chi connectivity index (χ3v) is 5.55. The zero-order valence-electron chi connectivity index (χ0n) is 11.9. The van der Waals surface area contributed by atoms with Crippen LogP contribution in [0.15, 0.2) is 18.2 Å². The van der Waals surface area contributed by atoms with Gasteiger partial charge in [0.05, 0.1) is 0 Å². The van der Waals surface area contributed by atoms with Gasteiger partial charge in [0.15, 0.2) is 0 Å². The first kappa shape index (κ1) is 14.7. The van der Waals surface area contributed by atoms with Gasteiger partial charge >= 0.3 is 0 Å². The lowest BCUT2D eigenvalue weighted by molar-refractivity contribution is 0.228. The first-order chi connectivity index (χ1) is 9.74. The standard InChI is InChI=1S/C17H23Cl2N/c18-16-6-3-7-17(19)15(16)10-12-4-1-2-5-13(12)11-20-14-8-9-14/h3,6-7,12-14,20H,1-2,4-5,8-11H2. The Bertz CT molecular complexity index is 436. The Morgan fingerprint density at radius 1 is 0.950 bits per heavy atom. The second kappa shape index (κ2) is 6.68. The predicted molar refractivity (Wildman–Crippen MR) is 86.6 cm³/mol. The van der Waals surface area contributed by atoms with Crippen LogP contribution in [0.3, 0.4) is 0 Å². The smallest absolute Gasteiger partial charge is 0.0452 e. The van der Waals surface area contributed by atoms with Crippen LogP contribution in [0.5, 0.6) is 0 Å². The van der Waals surface area contributed by atoms with E-state index in [2.05, 4.69) is 5.32 Å². The van der Waals surface area contributed by atoms with Crippen LogP contribution in [0.25, 0.3) is 0 Å². The van der Waals surface area contributed by atoms with Crippen LogP contribution in [0.2, 0.25) is 10.0 Å². The summed E-state index contributed by atoms with van der Waals surface area (Å²) in [5.74, 6) is 1.52. The number of benzene rings is 1. The van der Waals surface area contributed by atoms with Gasteiger partial charge in [0.1, 0.15) is 0 Å². The molecule has 3 heteroatoms. The fourth-order valence-corrected chi connectivity index (χ4v) is 3.97. The average molecular weight is 312 g/mol. The van der Waals surface area contributed by atoms with Crippen molar-refractivity contribution in [2.24, 2.45) is 11.8 Å². The highest BCUT2D eigenvalue weighted by molar-refractivity contribution is 6.35. The van der Waals surface area contributed by atoms with Crippen LogP contribution in [0.1, 0.15) is 44.1 Å². The summed E-state index contributed by atoms with van der Waals surface area (Å²) in [4.78, 5) is 0. The average Bonchev–Trinajstić information content (AvgIpc) is 3.26. The quantitative estimate of drug-likeness (QED) is 0.798. The minimum Gasteiger partial charge on any atom is -0.314 e. The summed E-state index contributed by atoms with van der Waals surface area (Å²) in [5.41, 5.74) is 1.15. The van der Waals surface area contributed by atoms with Gasteiger partial charge in [0.2, 0.25) is 0 Å². The number of hydrogen-bond acceptors (Lipinski definition) is 1. The maximum absolute atomic E-state index is 6.33. The van der Waals surface area contributed by atoms with E-state index in [1.807, 2.05) is 18.2 Å². The monoisotopic (exact) mass is 311 g/mol. The fourth-order valence-electron chi connectivity index (χ4n) is 3.42. The van der Waals surface area contributed by atoms with Crippen LogP contribution in [0, 0.1) is 11.8 Å². The summed E-state index contributed by atoms with van der Waals surface area (Å²) in [5, 5.41) is 5.37. The van der Waals surface area contributed by atoms with Crippen molar-refractivity contribution in [3.63, 3.8) is 0 Å². The molecular formula is C17H23Cl2N. The summed E-state index contributed by atoms with van der Waals surface area (Å²) < 4.78 is 0. The molecule has 1 nitrogen and oxygen atoms in total. The number of hydrogen-bond donors (Lipinski definition) is 1. The van der Waals surface area contributed by atoms with Crippen LogP contribution >= 0.6 is 23.2 Å². The van der Waals surface area contributed by atoms with E-state index in [1.54, 1.807) is 0 Å². The highest BCUT2D eigenvalue weighted by Crippen LogP contribution is 2.36. The maximum Gasteiger partial charge on any atom is 0.0452 e. The Morgan fingerprint density at radius 3 is 2.25 bits per heavy atom. The van der Waals surface area contributed by atoms with Crippen molar-refractivity contribution in [2.75, 3.05) is 6.54 Å². The molecule has 2 saturated carbocycles. The molecule has 2 atom stereocenters. The molecule has 0 saturated heterocycles. The van der Waals surface area contributed by atoms with Crippen molar-refractivity contribution in [1.29, 1.82) is 0 Å². The fraction of sp³-hybridized carbons (Fsp3) is 0.647. The van der Waals surface area contributed by atoms with Gasteiger partial charge in [-0.05, 0) is 68.2 Å². The Morgan fingerprint density at radius 2 is 1.60 bits per heavy atom. The molecule has 0 amide bonds. The second-order valence-corrected chi connectivity index (χ2v) is 7.21. The normalized spacial score (nSPS) is 26.7. The minimum absolute atomic E-state index is 0.729. The molecule has 1 aromatic carbocycles. The van der Waals surface area contributed by atoms with Crippen molar-refractivity contribution < 1.29 is 0 Å². The van der Waals surface area contributed by atoms with E-state index >= 15 is 0 Å². The van der Waals surface area contributed by atoms with E-state index in [1.165, 1.54) is 45.1 Å². The molecule has 1 N–H and O–H groups in total. The zero-order chi connectivity index (χ0) is 13.9. The first-order valence-corrected chi connectivity index (χ1v) is 8.66. The van der Waals surface area contributed by atoms with E-state index in [9.17, 15) is 0 Å². The summed E-state index contributed by atoms with van der Waals surface area (Å²) >= 11 is 12.7. The van der Waals surface area contributed by atoms with Gasteiger partial charge in [0, 0.05) is 16.1 Å². The van der Waals surface area contributed by atoms with E-state index in [-0.39, 0.29) is 0 Å². The highest BCUT2D eigenvalue weighted by Gasteiger charge is 2.28. The predicted octanol–water partition coefficient (Wildman–Crippen LogP) is 5.09. The van der Waals surface area contributed by atoms with Crippen molar-refractivity contribution in [2.45, 2.75) is 51.0 Å². The lowest BCUT2D eigenvalue weighted by Gasteiger charge is -2.32. The molecule has 2 unspecified atom stereocenters. The molecule has 0 aromatic heterocycles. The lowest BCUT2D eigenvalue weighted by Crippen LogP contribution is -2.32. The van der Waals surface area contributed by atoms with Crippen LogP contribution in [-0.2, 0) is 6.42 Å². The number of halogens is 2. The van der Waals surface area contributed by atoms with Crippen molar-refractivity contribution in [3.8, 4) is 0 Å². The largest absolute Gasteiger partial charge is 0.314 e. The molecule has 3 rings (SSSR count). The Hall–Kier alpha value is -0.240. The molecule has 0 bridgehead atoms. The van der Waals surface area contributed by atoms with Gasteiger partial charge in [-0.2, -0.15) is 0 Å². The van der Waals surface area contributed by atoms with Crippen LogP contribution < -0.4 is 5.32 Å². The SMILES string of the molecule is Clc1cccc(Cl)c1CC1CCCCC1CNC1CC1. The van der Waals surface area contributed by atoms with Crippen molar-refractivity contribution in [1.82, 2.24) is 5.32 Å². The van der Waals surface area contributed by atoms with Gasteiger partial charge in [0.25, 0.3) is 0 Å². The molecule has 2 aliphatic rings. The van der Waals surface area contributed by atoms with Gasteiger partial charge in [-0.25, -0.2) is 0 Å². The van der Waals surface area contributed by atoms with Gasteiger partial charge in [-0.15, -0.1) is 0 Å². The summed E-state index contributed by atoms with van der Waals surface area (Å²) in [6.45, 7) is 1.18. The number of rotatable bonds is 5. The molecule has 2 aliphatic carbocycles. The van der Waals surface area contributed by atoms with E-state index in [4.69, 9.17) is 23.2 Å². The molecule has 0 radical (unpaired) electrons. The van der Waals surface area contributed by atoms with Crippen LogP contribution in [-0.4, -0.2) is 12.6 Å². The lowest BCUT2D eigenvalue weighted by atomic mass is 9.76. The van der Waals surface area contributed by atoms with E-state index in [0.29, 0.717) is 0 Å². The Labute approximate surface area is 132 Å². The molecule has 110 valence electrons. The topological polar surface area (TPSA) is 12.0 Å². The molecule has 0 aliphatic heterocycles. The summed E-state index contributed by atoms with van der Waals surface area (Å²) in [7, 11) is 0. The van der Waals surface area contributed by atoms with Gasteiger partial charge < -0.3 is 5.32 Å². The van der Waals surface area contributed by atoms with Gasteiger partial charge in [-0.3, -0.25) is 0 Å². The molecular weight excluding hydrogens is 289 g/mol. The maximum atomic E-state index is 6.33. The molecule has 1 aromatic rings. The highest BCUT2D eigenvalue weighted by atomic mass is 35.5. The minimum atomic E-state index is 0.729. The summed E-state index contributed by atoms with van der Waals surface area (Å²) in [6.07, 6.45) is 9.18. The molecule has 0 heterocycles. The second-order valence-electron chi connectivity index (χ2n) is 6.39. The molecule has 20 heavy (non-hydrogen) atoms. The first-order valence-electron chi connectivity index (χ1n) is 7.90. The zero-order valence-corrected chi connectivity index (χ0v) is 13.4. The van der Waals surface area contributed by atoms with E-state index in [0.717, 1.165) is 39.9 Å². The van der Waals surface area contributed by atoms with E-state index < -0.39 is 0 Å². The summed E-state index contributed by atoms with van der Waals surface area (Å²) in [6, 6.07) is 6.66. The van der Waals surface area contributed by atoms with Crippen LogP contribution in [0.4, 0.5) is 0 Å². The third kappa shape index (κ3) is 3.69. The molecule has 0 spiro atoms. The number of nitrogens with one attached hydrogen (secondary N) is 1.